The van der Waals surface area contributed by atoms with Gasteiger partial charge in [-0.2, -0.15) is 0 Å². The van der Waals surface area contributed by atoms with E-state index in [2.05, 4.69) is 46.4 Å². The maximum absolute atomic E-state index is 12.7. The zero-order valence-corrected chi connectivity index (χ0v) is 15.0. The van der Waals surface area contributed by atoms with Gasteiger partial charge in [0.25, 0.3) is 5.91 Å². The van der Waals surface area contributed by atoms with Crippen LogP contribution in [0.25, 0.3) is 10.9 Å². The van der Waals surface area contributed by atoms with Crippen LogP contribution in [-0.2, 0) is 13.0 Å². The lowest BCUT2D eigenvalue weighted by atomic mass is 9.99. The lowest BCUT2D eigenvalue weighted by Gasteiger charge is -2.33. The van der Waals surface area contributed by atoms with E-state index in [1.807, 2.05) is 30.3 Å². The Morgan fingerprint density at radius 2 is 1.92 bits per heavy atom. The van der Waals surface area contributed by atoms with Crippen molar-refractivity contribution in [2.75, 3.05) is 13.1 Å². The average molecular weight is 345 g/mol. The van der Waals surface area contributed by atoms with Gasteiger partial charge in [0.1, 0.15) is 0 Å². The zero-order valence-electron chi connectivity index (χ0n) is 15.0. The van der Waals surface area contributed by atoms with Crippen LogP contribution in [0.1, 0.15) is 28.4 Å². The minimum atomic E-state index is -0.0569. The summed E-state index contributed by atoms with van der Waals surface area (Å²) in [6.07, 6.45) is 2.80. The summed E-state index contributed by atoms with van der Waals surface area (Å²) in [6.45, 7) is 4.78. The predicted molar refractivity (Wildman–Crippen MR) is 104 cm³/mol. The maximum atomic E-state index is 12.7. The maximum Gasteiger partial charge on any atom is 0.253 e. The second kappa shape index (κ2) is 7.26. The van der Waals surface area contributed by atoms with E-state index in [4.69, 9.17) is 0 Å². The average Bonchev–Trinajstić information content (AvgIpc) is 2.71. The molecule has 0 fully saturated rings. The van der Waals surface area contributed by atoms with Gasteiger partial charge < -0.3 is 5.32 Å². The highest BCUT2D eigenvalue weighted by atomic mass is 16.1. The Balaban J connectivity index is 1.41. The molecular formula is C22H23N3O. The van der Waals surface area contributed by atoms with Gasteiger partial charge in [-0.05, 0) is 36.6 Å². The number of aromatic nitrogens is 1. The van der Waals surface area contributed by atoms with Gasteiger partial charge in [-0.15, -0.1) is 0 Å². The van der Waals surface area contributed by atoms with Gasteiger partial charge in [0, 0.05) is 37.3 Å². The molecule has 1 amide bonds. The summed E-state index contributed by atoms with van der Waals surface area (Å²) in [5, 5.41) is 4.08. The van der Waals surface area contributed by atoms with Crippen molar-refractivity contribution in [3.63, 3.8) is 0 Å². The molecule has 0 aliphatic carbocycles. The van der Waals surface area contributed by atoms with E-state index in [-0.39, 0.29) is 11.9 Å². The van der Waals surface area contributed by atoms with Crippen LogP contribution in [0.3, 0.4) is 0 Å². The Hall–Kier alpha value is -2.72. The number of amides is 1. The molecule has 0 spiro atoms. The van der Waals surface area contributed by atoms with E-state index < -0.39 is 0 Å². The molecular weight excluding hydrogens is 322 g/mol. The molecule has 0 saturated heterocycles. The number of carbonyl (C=O) groups excluding carboxylic acids is 1. The topological polar surface area (TPSA) is 45.2 Å². The van der Waals surface area contributed by atoms with E-state index in [0.29, 0.717) is 12.1 Å². The Kier molecular flexibility index (Phi) is 4.67. The summed E-state index contributed by atoms with van der Waals surface area (Å²) in [5.41, 5.74) is 4.24. The van der Waals surface area contributed by atoms with Crippen LogP contribution >= 0.6 is 0 Å². The molecule has 2 heterocycles. The van der Waals surface area contributed by atoms with Crippen molar-refractivity contribution in [1.29, 1.82) is 0 Å². The number of benzene rings is 2. The lowest BCUT2D eigenvalue weighted by molar-refractivity contribution is 0.0934. The van der Waals surface area contributed by atoms with Crippen LogP contribution in [0.15, 0.2) is 60.8 Å². The van der Waals surface area contributed by atoms with Crippen molar-refractivity contribution >= 4 is 16.8 Å². The molecule has 1 N–H and O–H groups in total. The van der Waals surface area contributed by atoms with Crippen molar-refractivity contribution in [3.8, 4) is 0 Å². The molecule has 1 aliphatic rings. The Morgan fingerprint density at radius 3 is 2.81 bits per heavy atom. The van der Waals surface area contributed by atoms with Gasteiger partial charge in [-0.3, -0.25) is 14.7 Å². The number of carbonyl (C=O) groups is 1. The van der Waals surface area contributed by atoms with Gasteiger partial charge in [0.15, 0.2) is 0 Å². The van der Waals surface area contributed by atoms with Crippen LogP contribution in [0.2, 0.25) is 0 Å². The SMILES string of the molecule is CC(CNC(=O)c1cccc2cccnc12)N1CCc2ccccc2C1. The third-order valence-corrected chi connectivity index (χ3v) is 5.22. The zero-order chi connectivity index (χ0) is 17.9. The number of nitrogens with one attached hydrogen (secondary N) is 1. The molecule has 0 bridgehead atoms. The summed E-state index contributed by atoms with van der Waals surface area (Å²) in [7, 11) is 0. The van der Waals surface area contributed by atoms with Crippen LogP contribution in [0, 0.1) is 0 Å². The smallest absolute Gasteiger partial charge is 0.253 e. The third kappa shape index (κ3) is 3.33. The third-order valence-electron chi connectivity index (χ3n) is 5.22. The van der Waals surface area contributed by atoms with E-state index in [9.17, 15) is 4.79 Å². The Labute approximate surface area is 153 Å². The molecule has 1 aliphatic heterocycles. The molecule has 1 atom stereocenters. The highest BCUT2D eigenvalue weighted by Gasteiger charge is 2.21. The first-order valence-electron chi connectivity index (χ1n) is 9.15. The molecule has 0 radical (unpaired) electrons. The number of hydrogen-bond donors (Lipinski definition) is 1. The van der Waals surface area contributed by atoms with Crippen molar-refractivity contribution in [2.45, 2.75) is 25.9 Å². The fourth-order valence-electron chi connectivity index (χ4n) is 3.65. The van der Waals surface area contributed by atoms with Gasteiger partial charge in [-0.1, -0.05) is 42.5 Å². The highest BCUT2D eigenvalue weighted by molar-refractivity contribution is 6.05. The summed E-state index contributed by atoms with van der Waals surface area (Å²) in [6, 6.07) is 18.5. The molecule has 4 nitrogen and oxygen atoms in total. The first kappa shape index (κ1) is 16.7. The number of fused-ring (bicyclic) bond motifs is 2. The fourth-order valence-corrected chi connectivity index (χ4v) is 3.65. The lowest BCUT2D eigenvalue weighted by Crippen LogP contribution is -2.44. The molecule has 3 aromatic rings. The summed E-state index contributed by atoms with van der Waals surface area (Å²) < 4.78 is 0. The van der Waals surface area contributed by atoms with E-state index in [1.165, 1.54) is 11.1 Å². The van der Waals surface area contributed by atoms with Crippen LogP contribution < -0.4 is 5.32 Å². The first-order chi connectivity index (χ1) is 12.7. The molecule has 4 heteroatoms. The van der Waals surface area contributed by atoms with E-state index in [1.54, 1.807) is 6.20 Å². The molecule has 0 saturated carbocycles. The van der Waals surface area contributed by atoms with Gasteiger partial charge in [0.05, 0.1) is 11.1 Å². The molecule has 132 valence electrons. The fraction of sp³-hybridized carbons (Fsp3) is 0.273. The normalized spacial score (nSPS) is 15.4. The summed E-state index contributed by atoms with van der Waals surface area (Å²) >= 11 is 0. The van der Waals surface area contributed by atoms with Crippen molar-refractivity contribution in [1.82, 2.24) is 15.2 Å². The number of nitrogens with zero attached hydrogens (tertiary/aromatic N) is 2. The van der Waals surface area contributed by atoms with Crippen molar-refractivity contribution in [2.24, 2.45) is 0 Å². The molecule has 2 aromatic carbocycles. The van der Waals surface area contributed by atoms with Crippen LogP contribution in [0.5, 0.6) is 0 Å². The number of para-hydroxylation sites is 1. The van der Waals surface area contributed by atoms with Gasteiger partial charge in [0.2, 0.25) is 0 Å². The summed E-state index contributed by atoms with van der Waals surface area (Å²) in [5.74, 6) is -0.0569. The molecule has 26 heavy (non-hydrogen) atoms. The second-order valence-corrected chi connectivity index (χ2v) is 6.93. The monoisotopic (exact) mass is 345 g/mol. The Morgan fingerprint density at radius 1 is 1.12 bits per heavy atom. The van der Waals surface area contributed by atoms with E-state index in [0.717, 1.165) is 30.4 Å². The van der Waals surface area contributed by atoms with E-state index >= 15 is 0 Å². The second-order valence-electron chi connectivity index (χ2n) is 6.93. The Bertz CT molecular complexity index is 932. The predicted octanol–water partition coefficient (Wildman–Crippen LogP) is 3.41. The van der Waals surface area contributed by atoms with Crippen molar-refractivity contribution in [3.05, 3.63) is 77.5 Å². The largest absolute Gasteiger partial charge is 0.350 e. The standard InChI is InChI=1S/C22H23N3O/c1-16(25-13-11-17-6-2-3-7-19(17)15-25)14-24-22(26)20-10-4-8-18-9-5-12-23-21(18)20/h2-10,12,16H,11,13-15H2,1H3,(H,24,26). The van der Waals surface area contributed by atoms with Gasteiger partial charge in [-0.25, -0.2) is 0 Å². The number of rotatable bonds is 4. The minimum absolute atomic E-state index is 0.0569. The molecule has 4 rings (SSSR count). The summed E-state index contributed by atoms with van der Waals surface area (Å²) in [4.78, 5) is 19.5. The van der Waals surface area contributed by atoms with Crippen LogP contribution in [0.4, 0.5) is 0 Å². The number of hydrogen-bond acceptors (Lipinski definition) is 3. The van der Waals surface area contributed by atoms with Crippen LogP contribution in [-0.4, -0.2) is 34.9 Å². The quantitative estimate of drug-likeness (QED) is 0.788. The van der Waals surface area contributed by atoms with Gasteiger partial charge >= 0.3 is 0 Å². The highest BCUT2D eigenvalue weighted by Crippen LogP contribution is 2.20. The molecule has 1 unspecified atom stereocenters. The first-order valence-corrected chi connectivity index (χ1v) is 9.15. The number of pyridine rings is 1. The minimum Gasteiger partial charge on any atom is -0.350 e. The molecule has 1 aromatic heterocycles. The van der Waals surface area contributed by atoms with Crippen molar-refractivity contribution < 1.29 is 4.79 Å².